The van der Waals surface area contributed by atoms with Crippen molar-refractivity contribution in [2.24, 2.45) is 5.84 Å². The minimum absolute atomic E-state index is 0.0276. The summed E-state index contributed by atoms with van der Waals surface area (Å²) < 4.78 is 5.79. The van der Waals surface area contributed by atoms with Gasteiger partial charge in [-0.2, -0.15) is 0 Å². The van der Waals surface area contributed by atoms with Crippen LogP contribution in [0.1, 0.15) is 13.3 Å². The predicted molar refractivity (Wildman–Crippen MR) is 120 cm³/mol. The first-order chi connectivity index (χ1) is 14.9. The first-order valence-electron chi connectivity index (χ1n) is 9.62. The average Bonchev–Trinajstić information content (AvgIpc) is 2.76. The van der Waals surface area contributed by atoms with E-state index >= 15 is 0 Å². The minimum atomic E-state index is -0.858. The number of nitrogens with zero attached hydrogens (tertiary/aromatic N) is 1. The van der Waals surface area contributed by atoms with Gasteiger partial charge >= 0.3 is 5.97 Å². The van der Waals surface area contributed by atoms with Crippen LogP contribution in [0.4, 0.5) is 17.2 Å². The number of aliphatic carboxylic acids is 1. The Morgan fingerprint density at radius 2 is 2.00 bits per heavy atom. The minimum Gasteiger partial charge on any atom is -0.493 e. The highest BCUT2D eigenvalue weighted by molar-refractivity contribution is 5.76. The highest BCUT2D eigenvalue weighted by atomic mass is 16.5. The number of nitrogen functional groups attached to an aromatic ring is 2. The highest BCUT2D eigenvalue weighted by Gasteiger charge is 2.14. The second-order valence-corrected chi connectivity index (χ2v) is 6.62. The van der Waals surface area contributed by atoms with Gasteiger partial charge < -0.3 is 31.3 Å². The Morgan fingerprint density at radius 3 is 2.71 bits per heavy atom. The number of rotatable bonds is 9. The van der Waals surface area contributed by atoms with Gasteiger partial charge in [0.05, 0.1) is 18.6 Å². The molecule has 0 bridgehead atoms. The van der Waals surface area contributed by atoms with Crippen LogP contribution in [0.2, 0.25) is 0 Å². The van der Waals surface area contributed by atoms with E-state index in [9.17, 15) is 9.59 Å². The van der Waals surface area contributed by atoms with Crippen molar-refractivity contribution >= 4 is 23.2 Å². The van der Waals surface area contributed by atoms with Crippen LogP contribution in [0.25, 0.3) is 22.5 Å². The SMILES string of the molecule is CCOc1cc(-c2cccc(NCCC(=O)O)c2)ccc1-c1nc(NN)c(N)c(=O)[nH]1. The highest BCUT2D eigenvalue weighted by Crippen LogP contribution is 2.34. The normalized spacial score (nSPS) is 10.5. The van der Waals surface area contributed by atoms with Crippen molar-refractivity contribution in [1.82, 2.24) is 9.97 Å². The van der Waals surface area contributed by atoms with Gasteiger partial charge in [0.1, 0.15) is 17.3 Å². The van der Waals surface area contributed by atoms with E-state index in [-0.39, 0.29) is 23.8 Å². The number of aromatic nitrogens is 2. The Morgan fingerprint density at radius 1 is 1.23 bits per heavy atom. The zero-order valence-corrected chi connectivity index (χ0v) is 16.9. The lowest BCUT2D eigenvalue weighted by Gasteiger charge is -2.14. The van der Waals surface area contributed by atoms with Gasteiger partial charge in [-0.05, 0) is 42.3 Å². The summed E-state index contributed by atoms with van der Waals surface area (Å²) in [5, 5.41) is 11.9. The second kappa shape index (κ2) is 9.63. The quantitative estimate of drug-likeness (QED) is 0.223. The fraction of sp³-hybridized carbons (Fsp3) is 0.190. The number of anilines is 3. The summed E-state index contributed by atoms with van der Waals surface area (Å²) in [4.78, 5) is 29.7. The first kappa shape index (κ1) is 21.7. The van der Waals surface area contributed by atoms with Crippen molar-refractivity contribution in [3.8, 4) is 28.3 Å². The van der Waals surface area contributed by atoms with E-state index < -0.39 is 11.5 Å². The van der Waals surface area contributed by atoms with E-state index in [0.717, 1.165) is 16.8 Å². The maximum absolute atomic E-state index is 12.1. The summed E-state index contributed by atoms with van der Waals surface area (Å²) in [6.07, 6.45) is 0.0276. The zero-order valence-electron chi connectivity index (χ0n) is 16.9. The molecule has 0 aliphatic rings. The number of hydrogen-bond donors (Lipinski definition) is 6. The molecule has 0 amide bonds. The average molecular weight is 424 g/mol. The zero-order chi connectivity index (χ0) is 22.4. The predicted octanol–water partition coefficient (Wildman–Crippen LogP) is 2.26. The summed E-state index contributed by atoms with van der Waals surface area (Å²) in [7, 11) is 0. The third-order valence-corrected chi connectivity index (χ3v) is 4.49. The van der Waals surface area contributed by atoms with E-state index in [4.69, 9.17) is 21.4 Å². The molecule has 0 spiro atoms. The van der Waals surface area contributed by atoms with Gasteiger partial charge in [-0.3, -0.25) is 9.59 Å². The van der Waals surface area contributed by atoms with Crippen molar-refractivity contribution in [2.45, 2.75) is 13.3 Å². The molecule has 0 atom stereocenters. The Bertz CT molecular complexity index is 1140. The lowest BCUT2D eigenvalue weighted by Crippen LogP contribution is -2.20. The van der Waals surface area contributed by atoms with Gasteiger partial charge in [-0.15, -0.1) is 0 Å². The number of aromatic amines is 1. The number of nitrogens with one attached hydrogen (secondary N) is 3. The fourth-order valence-electron chi connectivity index (χ4n) is 3.01. The molecule has 1 aromatic heterocycles. The number of carbonyl (C=O) groups is 1. The van der Waals surface area contributed by atoms with Crippen LogP contribution in [0.15, 0.2) is 47.3 Å². The molecule has 0 radical (unpaired) electrons. The fourth-order valence-corrected chi connectivity index (χ4v) is 3.01. The lowest BCUT2D eigenvalue weighted by atomic mass is 10.0. The Hall–Kier alpha value is -4.05. The maximum atomic E-state index is 12.1. The second-order valence-electron chi connectivity index (χ2n) is 6.62. The van der Waals surface area contributed by atoms with E-state index in [1.165, 1.54) is 0 Å². The topological polar surface area (TPSA) is 168 Å². The van der Waals surface area contributed by atoms with E-state index in [2.05, 4.69) is 20.7 Å². The van der Waals surface area contributed by atoms with Crippen LogP contribution in [0.3, 0.4) is 0 Å². The van der Waals surface area contributed by atoms with E-state index in [1.54, 1.807) is 6.07 Å². The summed E-state index contributed by atoms with van der Waals surface area (Å²) >= 11 is 0. The van der Waals surface area contributed by atoms with Crippen molar-refractivity contribution in [3.05, 3.63) is 52.8 Å². The molecule has 0 fully saturated rings. The molecular weight excluding hydrogens is 400 g/mol. The lowest BCUT2D eigenvalue weighted by molar-refractivity contribution is -0.136. The summed E-state index contributed by atoms with van der Waals surface area (Å²) in [6, 6.07) is 13.1. The van der Waals surface area contributed by atoms with Gasteiger partial charge in [0.25, 0.3) is 5.56 Å². The molecule has 162 valence electrons. The van der Waals surface area contributed by atoms with Crippen molar-refractivity contribution in [2.75, 3.05) is 29.6 Å². The molecule has 8 N–H and O–H groups in total. The van der Waals surface area contributed by atoms with Crippen LogP contribution in [0.5, 0.6) is 5.75 Å². The molecule has 0 aliphatic carbocycles. The van der Waals surface area contributed by atoms with Gasteiger partial charge in [-0.1, -0.05) is 18.2 Å². The van der Waals surface area contributed by atoms with Crippen LogP contribution in [0, 0.1) is 0 Å². The smallest absolute Gasteiger partial charge is 0.305 e. The summed E-state index contributed by atoms with van der Waals surface area (Å²) in [5.41, 5.74) is 10.6. The third-order valence-electron chi connectivity index (χ3n) is 4.49. The van der Waals surface area contributed by atoms with Crippen LogP contribution in [-0.4, -0.2) is 34.2 Å². The number of hydrogen-bond acceptors (Lipinski definition) is 8. The van der Waals surface area contributed by atoms with Gasteiger partial charge in [0.15, 0.2) is 5.82 Å². The number of carboxylic acids is 1. The number of ether oxygens (including phenoxy) is 1. The van der Waals surface area contributed by atoms with E-state index in [1.807, 2.05) is 43.3 Å². The summed E-state index contributed by atoms with van der Waals surface area (Å²) in [5.74, 6) is 5.43. The van der Waals surface area contributed by atoms with Crippen LogP contribution < -0.4 is 32.6 Å². The molecule has 3 rings (SSSR count). The first-order valence-corrected chi connectivity index (χ1v) is 9.62. The molecule has 0 unspecified atom stereocenters. The molecular formula is C21H24N6O4. The van der Waals surface area contributed by atoms with Gasteiger partial charge in [0.2, 0.25) is 0 Å². The molecule has 3 aromatic rings. The molecule has 2 aromatic carbocycles. The Labute approximate surface area is 178 Å². The summed E-state index contributed by atoms with van der Waals surface area (Å²) in [6.45, 7) is 2.60. The number of benzene rings is 2. The number of carboxylic acid groups (broad SMARTS) is 1. The van der Waals surface area contributed by atoms with Crippen molar-refractivity contribution in [3.63, 3.8) is 0 Å². The number of hydrazine groups is 1. The standard InChI is InChI=1S/C21H24N6O4/c1-2-31-16-11-13(12-4-3-5-14(10-12)24-9-8-17(28)29)6-7-15(16)19-25-20(27-23)18(22)21(30)26-19/h3-7,10-11,24H,2,8-9,22-23H2,1H3,(H,28,29)(H2,25,26,27,30). The molecule has 10 nitrogen and oxygen atoms in total. The van der Waals surface area contributed by atoms with Crippen molar-refractivity contribution < 1.29 is 14.6 Å². The van der Waals surface area contributed by atoms with Gasteiger partial charge in [0, 0.05) is 12.2 Å². The number of H-pyrrole nitrogens is 1. The van der Waals surface area contributed by atoms with Crippen molar-refractivity contribution in [1.29, 1.82) is 0 Å². The largest absolute Gasteiger partial charge is 0.493 e. The molecule has 31 heavy (non-hydrogen) atoms. The van der Waals surface area contributed by atoms with Gasteiger partial charge in [-0.25, -0.2) is 10.8 Å². The van der Waals surface area contributed by atoms with Crippen LogP contribution >= 0.6 is 0 Å². The molecule has 0 aliphatic heterocycles. The Kier molecular flexibility index (Phi) is 6.73. The Balaban J connectivity index is 1.97. The third kappa shape index (κ3) is 5.11. The molecule has 10 heteroatoms. The van der Waals surface area contributed by atoms with E-state index in [0.29, 0.717) is 24.5 Å². The monoisotopic (exact) mass is 424 g/mol. The molecule has 0 saturated carbocycles. The number of nitrogens with two attached hydrogens (primary N) is 2. The van der Waals surface area contributed by atoms with Crippen LogP contribution in [-0.2, 0) is 4.79 Å². The maximum Gasteiger partial charge on any atom is 0.305 e. The molecule has 1 heterocycles. The molecule has 0 saturated heterocycles.